The monoisotopic (exact) mass is 348 g/mol. The molecule has 1 saturated heterocycles. The van der Waals surface area contributed by atoms with Crippen molar-refractivity contribution in [1.82, 2.24) is 10.6 Å². The molecular formula is C18H24N2O3S. The Bertz CT molecular complexity index is 620. The molecule has 3 amide bonds. The summed E-state index contributed by atoms with van der Waals surface area (Å²) in [7, 11) is 0. The first-order valence-electron chi connectivity index (χ1n) is 7.92. The van der Waals surface area contributed by atoms with E-state index in [1.165, 1.54) is 28.8 Å². The number of thiophene rings is 1. The number of aryl methyl sites for hydroxylation is 1. The Hall–Kier alpha value is -2.21. The molecule has 1 aromatic rings. The van der Waals surface area contributed by atoms with Gasteiger partial charge < -0.3 is 5.32 Å². The van der Waals surface area contributed by atoms with Gasteiger partial charge in [-0.2, -0.15) is 0 Å². The fraction of sp³-hybridized carbons (Fsp3) is 0.389. The van der Waals surface area contributed by atoms with Gasteiger partial charge in [-0.15, -0.1) is 11.3 Å². The molecule has 0 saturated carbocycles. The van der Waals surface area contributed by atoms with Crippen LogP contribution in [0.1, 0.15) is 42.2 Å². The number of rotatable bonds is 6. The van der Waals surface area contributed by atoms with Crippen LogP contribution in [-0.4, -0.2) is 24.3 Å². The molecule has 2 heterocycles. The number of imide groups is 1. The van der Waals surface area contributed by atoms with Crippen molar-refractivity contribution in [2.75, 3.05) is 0 Å². The first kappa shape index (κ1) is 19.8. The third-order valence-electron chi connectivity index (χ3n) is 3.56. The Morgan fingerprint density at radius 2 is 2.21 bits per heavy atom. The van der Waals surface area contributed by atoms with Crippen LogP contribution in [0.2, 0.25) is 0 Å². The Labute approximate surface area is 146 Å². The molecule has 1 unspecified atom stereocenters. The zero-order valence-electron chi connectivity index (χ0n) is 14.1. The summed E-state index contributed by atoms with van der Waals surface area (Å²) < 4.78 is 0. The summed E-state index contributed by atoms with van der Waals surface area (Å²) >= 11 is 1.84. The van der Waals surface area contributed by atoms with Gasteiger partial charge in [0.15, 0.2) is 0 Å². The van der Waals surface area contributed by atoms with Gasteiger partial charge in [0.05, 0.1) is 0 Å². The summed E-state index contributed by atoms with van der Waals surface area (Å²) in [6.07, 6.45) is 9.50. The Balaban J connectivity index is 0.000000243. The van der Waals surface area contributed by atoms with Gasteiger partial charge in [0.1, 0.15) is 6.04 Å². The summed E-state index contributed by atoms with van der Waals surface area (Å²) in [6.45, 7) is 8.09. The minimum Gasteiger partial charge on any atom is -0.347 e. The van der Waals surface area contributed by atoms with Gasteiger partial charge in [-0.05, 0) is 36.3 Å². The number of nitrogens with one attached hydrogen (secondary N) is 2. The second-order valence-electron chi connectivity index (χ2n) is 5.36. The molecule has 0 aliphatic carbocycles. The molecule has 1 atom stereocenters. The van der Waals surface area contributed by atoms with Crippen molar-refractivity contribution in [2.24, 2.45) is 0 Å². The topological polar surface area (TPSA) is 75.3 Å². The average molecular weight is 348 g/mol. The summed E-state index contributed by atoms with van der Waals surface area (Å²) in [4.78, 5) is 32.8. The van der Waals surface area contributed by atoms with E-state index in [0.29, 0.717) is 12.8 Å². The van der Waals surface area contributed by atoms with Crippen LogP contribution in [0.25, 0.3) is 6.08 Å². The molecule has 0 radical (unpaired) electrons. The van der Waals surface area contributed by atoms with Crippen LogP contribution in [-0.2, 0) is 20.8 Å². The summed E-state index contributed by atoms with van der Waals surface area (Å²) in [5, 5.41) is 6.65. The third-order valence-corrected chi connectivity index (χ3v) is 4.53. The molecule has 0 aromatic carbocycles. The van der Waals surface area contributed by atoms with Gasteiger partial charge in [-0.3, -0.25) is 19.7 Å². The maximum absolute atomic E-state index is 10.8. The predicted octanol–water partition coefficient (Wildman–Crippen LogP) is 2.75. The van der Waals surface area contributed by atoms with Crippen LogP contribution >= 0.6 is 11.3 Å². The van der Waals surface area contributed by atoms with Gasteiger partial charge in [-0.1, -0.05) is 38.2 Å². The van der Waals surface area contributed by atoms with E-state index >= 15 is 0 Å². The highest BCUT2D eigenvalue weighted by molar-refractivity contribution is 7.10. The van der Waals surface area contributed by atoms with E-state index in [4.69, 9.17) is 0 Å². The van der Waals surface area contributed by atoms with Crippen LogP contribution in [0.4, 0.5) is 0 Å². The number of carbonyl (C=O) groups is 3. The maximum Gasteiger partial charge on any atom is 0.249 e. The van der Waals surface area contributed by atoms with E-state index in [0.717, 1.165) is 0 Å². The minimum atomic E-state index is -0.537. The first-order valence-corrected chi connectivity index (χ1v) is 8.80. The number of carbonyl (C=O) groups excluding carboxylic acids is 3. The number of amides is 3. The lowest BCUT2D eigenvalue weighted by molar-refractivity contribution is -0.135. The minimum absolute atomic E-state index is 0.279. The summed E-state index contributed by atoms with van der Waals surface area (Å²) in [5.41, 5.74) is 2.87. The molecule has 130 valence electrons. The second kappa shape index (κ2) is 10.5. The van der Waals surface area contributed by atoms with Crippen LogP contribution in [0.15, 0.2) is 24.1 Å². The van der Waals surface area contributed by atoms with E-state index in [9.17, 15) is 14.4 Å². The molecule has 0 bridgehead atoms. The quantitative estimate of drug-likeness (QED) is 0.471. The second-order valence-corrected chi connectivity index (χ2v) is 6.44. The van der Waals surface area contributed by atoms with Crippen molar-refractivity contribution in [1.29, 1.82) is 0 Å². The van der Waals surface area contributed by atoms with E-state index in [1.807, 2.05) is 23.5 Å². The van der Waals surface area contributed by atoms with Crippen molar-refractivity contribution in [3.8, 4) is 0 Å². The van der Waals surface area contributed by atoms with Gasteiger partial charge in [-0.25, -0.2) is 0 Å². The zero-order chi connectivity index (χ0) is 17.9. The van der Waals surface area contributed by atoms with Gasteiger partial charge >= 0.3 is 0 Å². The van der Waals surface area contributed by atoms with Crippen molar-refractivity contribution in [2.45, 2.75) is 45.6 Å². The van der Waals surface area contributed by atoms with E-state index < -0.39 is 11.9 Å². The fourth-order valence-corrected chi connectivity index (χ4v) is 3.20. The highest BCUT2D eigenvalue weighted by atomic mass is 32.1. The number of allylic oxidation sites excluding steroid dienone is 2. The normalized spacial score (nSPS) is 17.0. The Kier molecular flexibility index (Phi) is 8.71. The average Bonchev–Trinajstić information content (AvgIpc) is 2.90. The van der Waals surface area contributed by atoms with E-state index in [2.05, 4.69) is 42.5 Å². The molecule has 6 heteroatoms. The zero-order valence-corrected chi connectivity index (χ0v) is 14.9. The standard InChI is InChI=1S/C12H16S.C6H8N2O3/c1-4-6-8-11-9-13-10(3)12(11)7-5-2;9-3-7-4-1-2-5(10)8-6(4)11/h4,6,8-9H,1,5,7H2,2-3H3;3-4H,1-2H2,(H,7,9)(H,8,10,11)/b8-6-;. The van der Waals surface area contributed by atoms with E-state index in [1.54, 1.807) is 0 Å². The van der Waals surface area contributed by atoms with Gasteiger partial charge in [0, 0.05) is 11.3 Å². The van der Waals surface area contributed by atoms with Crippen molar-refractivity contribution >= 4 is 35.6 Å². The fourth-order valence-electron chi connectivity index (χ4n) is 2.31. The first-order chi connectivity index (χ1) is 11.5. The van der Waals surface area contributed by atoms with Crippen LogP contribution in [0.3, 0.4) is 0 Å². The highest BCUT2D eigenvalue weighted by Gasteiger charge is 2.25. The largest absolute Gasteiger partial charge is 0.347 e. The molecule has 24 heavy (non-hydrogen) atoms. The molecule has 1 fully saturated rings. The molecule has 1 aromatic heterocycles. The highest BCUT2D eigenvalue weighted by Crippen LogP contribution is 2.24. The smallest absolute Gasteiger partial charge is 0.249 e. The van der Waals surface area contributed by atoms with Crippen molar-refractivity contribution in [3.63, 3.8) is 0 Å². The van der Waals surface area contributed by atoms with Gasteiger partial charge in [0.2, 0.25) is 18.2 Å². The lowest BCUT2D eigenvalue weighted by Gasteiger charge is -2.19. The van der Waals surface area contributed by atoms with Gasteiger partial charge in [0.25, 0.3) is 0 Å². The molecule has 2 N–H and O–H groups in total. The Morgan fingerprint density at radius 1 is 1.46 bits per heavy atom. The van der Waals surface area contributed by atoms with Crippen molar-refractivity contribution < 1.29 is 14.4 Å². The lowest BCUT2D eigenvalue weighted by atomic mass is 10.1. The predicted molar refractivity (Wildman–Crippen MR) is 97.7 cm³/mol. The summed E-state index contributed by atoms with van der Waals surface area (Å²) in [6, 6.07) is -0.537. The maximum atomic E-state index is 10.8. The molecule has 1 aliphatic heterocycles. The summed E-state index contributed by atoms with van der Waals surface area (Å²) in [5.74, 6) is -0.702. The number of hydrogen-bond acceptors (Lipinski definition) is 4. The van der Waals surface area contributed by atoms with Crippen molar-refractivity contribution in [3.05, 3.63) is 40.1 Å². The molecule has 5 nitrogen and oxygen atoms in total. The Morgan fingerprint density at radius 3 is 2.79 bits per heavy atom. The molecule has 0 spiro atoms. The van der Waals surface area contributed by atoms with Crippen LogP contribution in [0.5, 0.6) is 0 Å². The van der Waals surface area contributed by atoms with Crippen LogP contribution < -0.4 is 10.6 Å². The number of piperidine rings is 1. The van der Waals surface area contributed by atoms with Crippen LogP contribution in [0, 0.1) is 6.92 Å². The molecule has 1 aliphatic rings. The van der Waals surface area contributed by atoms with E-state index in [-0.39, 0.29) is 12.3 Å². The third kappa shape index (κ3) is 6.12. The molecular weight excluding hydrogens is 324 g/mol. The SMILES string of the molecule is C=C/C=C\c1csc(C)c1CCC.O=CNC1CCC(=O)NC1=O. The lowest BCUT2D eigenvalue weighted by Crippen LogP contribution is -2.50. The molecule has 2 rings (SSSR count). The number of hydrogen-bond donors (Lipinski definition) is 2.